The van der Waals surface area contributed by atoms with Crippen molar-refractivity contribution in [3.63, 3.8) is 0 Å². The fraction of sp³-hybridized carbons (Fsp3) is 0.444. The number of carboxylic acids is 1. The number of nitrogens with one attached hydrogen (secondary N) is 2. The average Bonchev–Trinajstić information content (AvgIpc) is 3.58. The van der Waals surface area contributed by atoms with E-state index >= 15 is 0 Å². The van der Waals surface area contributed by atoms with Crippen molar-refractivity contribution in [3.8, 4) is 22.5 Å². The molecule has 0 amide bonds. The Labute approximate surface area is 309 Å². The third-order valence-electron chi connectivity index (χ3n) is 8.88. The molecule has 0 spiro atoms. The number of hydrogen-bond donors (Lipinski definition) is 4. The first-order chi connectivity index (χ1) is 22.2. The predicted molar refractivity (Wildman–Crippen MR) is 181 cm³/mol. The molecule has 4 heterocycles. The molecule has 0 atom stereocenters. The molecule has 0 radical (unpaired) electrons. The molecule has 2 aliphatic heterocycles. The number of benzene rings is 2. The Hall–Kier alpha value is -3.36. The normalized spacial score (nSPS) is 15.0. The first-order valence-electron chi connectivity index (χ1n) is 15.5. The van der Waals surface area contributed by atoms with E-state index in [4.69, 9.17) is 29.3 Å². The van der Waals surface area contributed by atoms with Crippen LogP contribution in [0.1, 0.15) is 79.9 Å². The molecule has 2 aliphatic rings. The van der Waals surface area contributed by atoms with Crippen molar-refractivity contribution in [2.75, 3.05) is 40.6 Å². The SMILES string of the molecule is CO.COC(=O)c1cc(-c2nc(C3(C)COC3)[nH]c2C)c(C)cc1C.Cc1cc(C)c(-c2nc(C3(C)COC3)[nH]c2C)cc1C(=O)O.[Na+].[OH-]. The van der Waals surface area contributed by atoms with E-state index in [-0.39, 0.29) is 51.8 Å². The maximum absolute atomic E-state index is 12.0. The van der Waals surface area contributed by atoms with Crippen LogP contribution in [0.25, 0.3) is 22.5 Å². The van der Waals surface area contributed by atoms with Gasteiger partial charge in [-0.2, -0.15) is 0 Å². The molecule has 5 N–H and O–H groups in total. The number of imidazole rings is 2. The number of esters is 1. The van der Waals surface area contributed by atoms with E-state index in [9.17, 15) is 14.7 Å². The number of aromatic carboxylic acids is 1. The second-order valence-electron chi connectivity index (χ2n) is 13.0. The van der Waals surface area contributed by atoms with Crippen molar-refractivity contribution >= 4 is 11.9 Å². The molecular weight excluding hydrogens is 639 g/mol. The molecule has 49 heavy (non-hydrogen) atoms. The summed E-state index contributed by atoms with van der Waals surface area (Å²) in [5.41, 5.74) is 10.0. The van der Waals surface area contributed by atoms with E-state index in [0.29, 0.717) is 37.6 Å². The number of nitrogens with zero attached hydrogens (tertiary/aromatic N) is 2. The Bertz CT molecular complexity index is 1800. The Morgan fingerprint density at radius 1 is 0.714 bits per heavy atom. The van der Waals surface area contributed by atoms with E-state index in [1.807, 2.05) is 59.7 Å². The molecule has 0 aliphatic carbocycles. The number of carboxylic acid groups (broad SMARTS) is 1. The topological polar surface area (TPSA) is 190 Å². The third kappa shape index (κ3) is 8.34. The van der Waals surface area contributed by atoms with E-state index in [2.05, 4.69) is 23.8 Å². The third-order valence-corrected chi connectivity index (χ3v) is 8.88. The Morgan fingerprint density at radius 3 is 1.41 bits per heavy atom. The van der Waals surface area contributed by atoms with Gasteiger partial charge in [-0.1, -0.05) is 12.1 Å². The number of methoxy groups -OCH3 is 1. The maximum atomic E-state index is 12.0. The van der Waals surface area contributed by atoms with Crippen LogP contribution in [0.5, 0.6) is 0 Å². The first-order valence-corrected chi connectivity index (χ1v) is 15.5. The zero-order valence-electron chi connectivity index (χ0n) is 30.4. The van der Waals surface area contributed by atoms with Gasteiger partial charge in [-0.05, 0) is 89.8 Å². The van der Waals surface area contributed by atoms with Crippen molar-refractivity contribution in [2.24, 2.45) is 0 Å². The van der Waals surface area contributed by atoms with Gasteiger partial charge in [0.05, 0.1) is 66.9 Å². The van der Waals surface area contributed by atoms with Crippen LogP contribution in [-0.2, 0) is 25.0 Å². The second-order valence-corrected chi connectivity index (χ2v) is 13.0. The van der Waals surface area contributed by atoms with Crippen LogP contribution in [0.4, 0.5) is 0 Å². The summed E-state index contributed by atoms with van der Waals surface area (Å²) in [5, 5.41) is 16.3. The summed E-state index contributed by atoms with van der Waals surface area (Å²) in [6, 6.07) is 7.51. The number of aliphatic hydroxyl groups is 1. The molecule has 13 heteroatoms. The monoisotopic (exact) mass is 686 g/mol. The quantitative estimate of drug-likeness (QED) is 0.173. The summed E-state index contributed by atoms with van der Waals surface area (Å²) in [6.45, 7) is 18.7. The number of hydrogen-bond acceptors (Lipinski definition) is 9. The molecule has 2 fully saturated rings. The van der Waals surface area contributed by atoms with Gasteiger partial charge in [0, 0.05) is 29.6 Å². The van der Waals surface area contributed by atoms with Gasteiger partial charge in [-0.25, -0.2) is 19.6 Å². The number of carbonyl (C=O) groups is 2. The van der Waals surface area contributed by atoms with Gasteiger partial charge in [-0.3, -0.25) is 0 Å². The minimum absolute atomic E-state index is 0. The zero-order chi connectivity index (χ0) is 34.8. The van der Waals surface area contributed by atoms with Crippen LogP contribution in [-0.4, -0.2) is 88.2 Å². The van der Waals surface area contributed by atoms with Crippen molar-refractivity contribution in [3.05, 3.63) is 80.7 Å². The number of aliphatic hydroxyl groups excluding tert-OH is 1. The van der Waals surface area contributed by atoms with E-state index in [1.165, 1.54) is 7.11 Å². The zero-order valence-corrected chi connectivity index (χ0v) is 32.4. The van der Waals surface area contributed by atoms with Gasteiger partial charge in [-0.15, -0.1) is 0 Å². The Kier molecular flexibility index (Phi) is 14.1. The fourth-order valence-electron chi connectivity index (χ4n) is 5.88. The number of ether oxygens (including phenoxy) is 3. The molecule has 2 aromatic heterocycles. The fourth-order valence-corrected chi connectivity index (χ4v) is 5.88. The molecule has 2 saturated heterocycles. The minimum atomic E-state index is -0.911. The first kappa shape index (κ1) is 41.8. The maximum Gasteiger partial charge on any atom is 1.00 e. The van der Waals surface area contributed by atoms with Crippen LogP contribution in [0.15, 0.2) is 24.3 Å². The number of carbonyl (C=O) groups excluding carboxylic acids is 1. The number of aromatic nitrogens is 4. The molecule has 6 rings (SSSR count). The van der Waals surface area contributed by atoms with Gasteiger partial charge in [0.15, 0.2) is 0 Å². The summed E-state index contributed by atoms with van der Waals surface area (Å²) >= 11 is 0. The molecule has 12 nitrogen and oxygen atoms in total. The molecule has 260 valence electrons. The molecular formula is C36H47N4NaO8. The molecule has 0 saturated carbocycles. The number of aromatic amines is 2. The van der Waals surface area contributed by atoms with Crippen molar-refractivity contribution in [2.45, 2.75) is 66.2 Å². The van der Waals surface area contributed by atoms with Gasteiger partial charge in [0.1, 0.15) is 11.6 Å². The van der Waals surface area contributed by atoms with Crippen LogP contribution in [0, 0.1) is 41.5 Å². The summed E-state index contributed by atoms with van der Waals surface area (Å²) in [7, 11) is 2.40. The smallest absolute Gasteiger partial charge is 0.870 e. The molecule has 0 unspecified atom stereocenters. The van der Waals surface area contributed by atoms with Gasteiger partial charge in [0.25, 0.3) is 0 Å². The largest absolute Gasteiger partial charge is 1.00 e. The summed E-state index contributed by atoms with van der Waals surface area (Å²) in [6.07, 6.45) is 0. The molecule has 0 bridgehead atoms. The Balaban J connectivity index is 0.000000312. The number of aryl methyl sites for hydroxylation is 6. The van der Waals surface area contributed by atoms with Crippen LogP contribution < -0.4 is 29.6 Å². The van der Waals surface area contributed by atoms with Gasteiger partial charge in [0.2, 0.25) is 0 Å². The van der Waals surface area contributed by atoms with Gasteiger partial charge >= 0.3 is 41.5 Å². The average molecular weight is 687 g/mol. The summed E-state index contributed by atoms with van der Waals surface area (Å²) in [4.78, 5) is 39.6. The minimum Gasteiger partial charge on any atom is -0.870 e. The van der Waals surface area contributed by atoms with Crippen molar-refractivity contribution < 1.29 is 69.0 Å². The number of rotatable bonds is 6. The van der Waals surface area contributed by atoms with Crippen LogP contribution in [0.2, 0.25) is 0 Å². The van der Waals surface area contributed by atoms with Crippen molar-refractivity contribution in [1.82, 2.24) is 19.9 Å². The second kappa shape index (κ2) is 16.6. The predicted octanol–water partition coefficient (Wildman–Crippen LogP) is 2.50. The van der Waals surface area contributed by atoms with E-state index in [0.717, 1.165) is 74.9 Å². The number of H-pyrrole nitrogens is 2. The van der Waals surface area contributed by atoms with Crippen LogP contribution >= 0.6 is 0 Å². The summed E-state index contributed by atoms with van der Waals surface area (Å²) in [5.74, 6) is 0.613. The standard InChI is InChI=1S/C18H22N2O3.C17H20N2O3.CH4O.Na.H2O/c1-10-6-11(2)14(16(21)22-5)7-13(10)15-12(3)19-17(20-15)18(4)8-23-9-18;1-9-5-10(2)13(15(20)21)6-12(9)14-11(3)18-16(19-14)17(4)7-22-8-17;1-2;;/h6-7H,8-9H2,1-5H3,(H,19,20);5-6H,7-8H2,1-4H3,(H,18,19)(H,20,21);2H,1H3;;1H2/q;;;+1;/p-1. The van der Waals surface area contributed by atoms with E-state index in [1.54, 1.807) is 6.07 Å². The van der Waals surface area contributed by atoms with Crippen molar-refractivity contribution in [1.29, 1.82) is 0 Å². The van der Waals surface area contributed by atoms with E-state index < -0.39 is 5.97 Å². The van der Waals surface area contributed by atoms with Crippen LogP contribution in [0.3, 0.4) is 0 Å². The summed E-state index contributed by atoms with van der Waals surface area (Å²) < 4.78 is 15.5. The molecule has 2 aromatic carbocycles. The Morgan fingerprint density at radius 2 is 1.08 bits per heavy atom. The molecule has 4 aromatic rings. The van der Waals surface area contributed by atoms with Gasteiger partial charge < -0.3 is 39.9 Å².